The highest BCUT2D eigenvalue weighted by molar-refractivity contribution is 7.89. The second-order valence-electron chi connectivity index (χ2n) is 5.98. The number of hydrogen-bond acceptors (Lipinski definition) is 5. The molecule has 0 unspecified atom stereocenters. The number of morpholine rings is 1. The Bertz CT molecular complexity index is 728. The first-order valence-corrected chi connectivity index (χ1v) is 10.1. The van der Waals surface area contributed by atoms with Crippen molar-refractivity contribution in [1.82, 2.24) is 9.21 Å². The summed E-state index contributed by atoms with van der Waals surface area (Å²) in [5, 5.41) is 0.310. The highest BCUT2D eigenvalue weighted by atomic mass is 35.5. The minimum atomic E-state index is -3.69. The molecule has 9 heteroatoms. The zero-order valence-electron chi connectivity index (χ0n) is 13.8. The number of nitrogens with zero attached hydrogens (tertiary/aromatic N) is 2. The van der Waals surface area contributed by atoms with E-state index in [1.54, 1.807) is 11.0 Å². The van der Waals surface area contributed by atoms with Crippen molar-refractivity contribution in [2.24, 2.45) is 0 Å². The summed E-state index contributed by atoms with van der Waals surface area (Å²) in [6.07, 6.45) is 1.68. The molecule has 1 amide bonds. The van der Waals surface area contributed by atoms with Gasteiger partial charge in [0.15, 0.2) is 6.61 Å². The molecule has 2 saturated heterocycles. The van der Waals surface area contributed by atoms with Crippen molar-refractivity contribution in [3.63, 3.8) is 0 Å². The van der Waals surface area contributed by atoms with Gasteiger partial charge in [0.25, 0.3) is 5.91 Å². The Morgan fingerprint density at radius 1 is 1.16 bits per heavy atom. The van der Waals surface area contributed by atoms with E-state index in [1.165, 1.54) is 16.4 Å². The Hall–Kier alpha value is -1.35. The lowest BCUT2D eigenvalue weighted by atomic mass is 10.3. The van der Waals surface area contributed by atoms with Crippen LogP contribution in [0.3, 0.4) is 0 Å². The van der Waals surface area contributed by atoms with Gasteiger partial charge in [0.05, 0.1) is 13.2 Å². The summed E-state index contributed by atoms with van der Waals surface area (Å²) in [4.78, 5) is 13.9. The zero-order valence-corrected chi connectivity index (χ0v) is 15.4. The van der Waals surface area contributed by atoms with Crippen LogP contribution in [0.4, 0.5) is 0 Å². The Morgan fingerprint density at radius 3 is 2.52 bits per heavy atom. The summed E-state index contributed by atoms with van der Waals surface area (Å²) >= 11 is 5.99. The van der Waals surface area contributed by atoms with E-state index >= 15 is 0 Å². The molecule has 3 rings (SSSR count). The van der Waals surface area contributed by atoms with E-state index in [0.717, 1.165) is 12.8 Å². The summed E-state index contributed by atoms with van der Waals surface area (Å²) in [5.74, 6) is -0.0410. The number of rotatable bonds is 5. The van der Waals surface area contributed by atoms with E-state index in [1.807, 2.05) is 0 Å². The molecule has 0 bridgehead atoms. The molecular weight excluding hydrogens is 368 g/mol. The average Bonchev–Trinajstić information content (AvgIpc) is 3.16. The molecule has 0 N–H and O–H groups in total. The van der Waals surface area contributed by atoms with Crippen molar-refractivity contribution in [3.8, 4) is 5.75 Å². The SMILES string of the molecule is O=C(COc1ccc(Cl)cc1S(=O)(=O)N1CCCC1)N1CCOCC1. The average molecular weight is 389 g/mol. The summed E-state index contributed by atoms with van der Waals surface area (Å²) < 4.78 is 37.9. The number of benzene rings is 1. The van der Waals surface area contributed by atoms with E-state index < -0.39 is 10.0 Å². The number of halogens is 1. The van der Waals surface area contributed by atoms with Crippen molar-refractivity contribution < 1.29 is 22.7 Å². The van der Waals surface area contributed by atoms with Crippen LogP contribution in [0.15, 0.2) is 23.1 Å². The highest BCUT2D eigenvalue weighted by Crippen LogP contribution is 2.31. The molecule has 2 heterocycles. The molecule has 2 aliphatic heterocycles. The van der Waals surface area contributed by atoms with Gasteiger partial charge in [-0.05, 0) is 31.0 Å². The number of carbonyl (C=O) groups excluding carboxylic acids is 1. The van der Waals surface area contributed by atoms with Crippen molar-refractivity contribution in [2.75, 3.05) is 46.0 Å². The van der Waals surface area contributed by atoms with E-state index in [4.69, 9.17) is 21.1 Å². The lowest BCUT2D eigenvalue weighted by molar-refractivity contribution is -0.137. The van der Waals surface area contributed by atoms with Crippen LogP contribution < -0.4 is 4.74 Å². The maximum absolute atomic E-state index is 12.8. The fraction of sp³-hybridized carbons (Fsp3) is 0.562. The largest absolute Gasteiger partial charge is 0.482 e. The smallest absolute Gasteiger partial charge is 0.260 e. The second-order valence-corrected chi connectivity index (χ2v) is 8.33. The second kappa shape index (κ2) is 7.90. The first kappa shape index (κ1) is 18.4. The summed E-state index contributed by atoms with van der Waals surface area (Å²) in [7, 11) is -3.69. The molecule has 1 aromatic carbocycles. The first-order chi connectivity index (χ1) is 12.0. The van der Waals surface area contributed by atoms with Crippen molar-refractivity contribution in [1.29, 1.82) is 0 Å². The molecule has 1 aromatic rings. The van der Waals surface area contributed by atoms with Crippen molar-refractivity contribution in [3.05, 3.63) is 23.2 Å². The first-order valence-electron chi connectivity index (χ1n) is 8.26. The maximum Gasteiger partial charge on any atom is 0.260 e. The van der Waals surface area contributed by atoms with Gasteiger partial charge < -0.3 is 14.4 Å². The Labute approximate surface area is 152 Å². The van der Waals surface area contributed by atoms with E-state index in [0.29, 0.717) is 44.4 Å². The van der Waals surface area contributed by atoms with Crippen LogP contribution in [-0.2, 0) is 19.6 Å². The zero-order chi connectivity index (χ0) is 17.9. The number of hydrogen-bond donors (Lipinski definition) is 0. The van der Waals surface area contributed by atoms with E-state index in [9.17, 15) is 13.2 Å². The molecule has 7 nitrogen and oxygen atoms in total. The maximum atomic E-state index is 12.8. The van der Waals surface area contributed by atoms with E-state index in [-0.39, 0.29) is 23.2 Å². The Morgan fingerprint density at radius 2 is 1.84 bits per heavy atom. The molecule has 138 valence electrons. The molecule has 2 fully saturated rings. The van der Waals surface area contributed by atoms with Gasteiger partial charge in [-0.1, -0.05) is 11.6 Å². The monoisotopic (exact) mass is 388 g/mol. The molecule has 2 aliphatic rings. The lowest BCUT2D eigenvalue weighted by Gasteiger charge is -2.27. The normalized spacial score (nSPS) is 19.2. The summed E-state index contributed by atoms with van der Waals surface area (Å²) in [6, 6.07) is 4.43. The summed E-state index contributed by atoms with van der Waals surface area (Å²) in [5.41, 5.74) is 0. The fourth-order valence-electron chi connectivity index (χ4n) is 2.91. The molecule has 0 spiro atoms. The van der Waals surface area contributed by atoms with Gasteiger partial charge in [-0.25, -0.2) is 8.42 Å². The van der Waals surface area contributed by atoms with Gasteiger partial charge in [0.2, 0.25) is 10.0 Å². The topological polar surface area (TPSA) is 76.2 Å². The number of ether oxygens (including phenoxy) is 2. The van der Waals surface area contributed by atoms with Crippen LogP contribution in [0.25, 0.3) is 0 Å². The number of sulfonamides is 1. The van der Waals surface area contributed by atoms with Gasteiger partial charge >= 0.3 is 0 Å². The molecule has 0 saturated carbocycles. The molecule has 0 atom stereocenters. The quantitative estimate of drug-likeness (QED) is 0.761. The predicted molar refractivity (Wildman–Crippen MR) is 92.3 cm³/mol. The van der Waals surface area contributed by atoms with Gasteiger partial charge in [0, 0.05) is 31.2 Å². The van der Waals surface area contributed by atoms with Crippen LogP contribution in [0.2, 0.25) is 5.02 Å². The molecule has 25 heavy (non-hydrogen) atoms. The van der Waals surface area contributed by atoms with Crippen LogP contribution >= 0.6 is 11.6 Å². The Balaban J connectivity index is 1.76. The Kier molecular flexibility index (Phi) is 5.83. The van der Waals surface area contributed by atoms with E-state index in [2.05, 4.69) is 0 Å². The summed E-state index contributed by atoms with van der Waals surface area (Å²) in [6.45, 7) is 2.79. The molecule has 0 aliphatic carbocycles. The number of amides is 1. The number of carbonyl (C=O) groups is 1. The molecular formula is C16H21ClN2O5S. The third-order valence-electron chi connectivity index (χ3n) is 4.30. The van der Waals surface area contributed by atoms with Gasteiger partial charge in [-0.3, -0.25) is 4.79 Å². The fourth-order valence-corrected chi connectivity index (χ4v) is 4.82. The van der Waals surface area contributed by atoms with Gasteiger partial charge in [-0.15, -0.1) is 0 Å². The minimum Gasteiger partial charge on any atom is -0.482 e. The standard InChI is InChI=1S/C16H21ClN2O5S/c17-13-3-4-14(24-12-16(20)18-7-9-23-10-8-18)15(11-13)25(21,22)19-5-1-2-6-19/h3-4,11H,1-2,5-10,12H2. The molecule has 0 radical (unpaired) electrons. The van der Waals surface area contributed by atoms with Crippen molar-refractivity contribution in [2.45, 2.75) is 17.7 Å². The van der Waals surface area contributed by atoms with Crippen LogP contribution in [0.1, 0.15) is 12.8 Å². The lowest BCUT2D eigenvalue weighted by Crippen LogP contribution is -2.43. The minimum absolute atomic E-state index is 0.0108. The molecule has 0 aromatic heterocycles. The van der Waals surface area contributed by atoms with Gasteiger partial charge in [-0.2, -0.15) is 4.31 Å². The highest BCUT2D eigenvalue weighted by Gasteiger charge is 2.30. The third-order valence-corrected chi connectivity index (χ3v) is 6.46. The van der Waals surface area contributed by atoms with Gasteiger partial charge in [0.1, 0.15) is 10.6 Å². The predicted octanol–water partition coefficient (Wildman–Crippen LogP) is 1.36. The third kappa shape index (κ3) is 4.25. The van der Waals surface area contributed by atoms with Crippen molar-refractivity contribution >= 4 is 27.5 Å². The van der Waals surface area contributed by atoms with Crippen LogP contribution in [0.5, 0.6) is 5.75 Å². The van der Waals surface area contributed by atoms with Crippen LogP contribution in [-0.4, -0.2) is 69.5 Å². The van der Waals surface area contributed by atoms with Crippen LogP contribution in [0, 0.1) is 0 Å².